The van der Waals surface area contributed by atoms with Gasteiger partial charge in [0.15, 0.2) is 0 Å². The van der Waals surface area contributed by atoms with Crippen LogP contribution in [0.15, 0.2) is 42.6 Å². The second-order valence-electron chi connectivity index (χ2n) is 12.5. The number of likely N-dealkylation sites (N-methyl/N-ethyl adjacent to an activating group) is 1. The lowest BCUT2D eigenvalue weighted by atomic mass is 9.77. The van der Waals surface area contributed by atoms with Crippen molar-refractivity contribution in [2.24, 2.45) is 5.41 Å². The van der Waals surface area contributed by atoms with E-state index < -0.39 is 45.8 Å². The van der Waals surface area contributed by atoms with Gasteiger partial charge < -0.3 is 30.5 Å². The summed E-state index contributed by atoms with van der Waals surface area (Å²) in [4.78, 5) is 72.1. The minimum Gasteiger partial charge on any atom is -0.352 e. The number of anilines is 1. The van der Waals surface area contributed by atoms with Crippen LogP contribution in [0.1, 0.15) is 51.7 Å². The van der Waals surface area contributed by atoms with Crippen LogP contribution in [-0.4, -0.2) is 83.6 Å². The van der Waals surface area contributed by atoms with E-state index in [2.05, 4.69) is 20.9 Å². The van der Waals surface area contributed by atoms with Crippen molar-refractivity contribution in [3.05, 3.63) is 63.8 Å². The summed E-state index contributed by atoms with van der Waals surface area (Å²) in [6.45, 7) is 7.64. The fourth-order valence-electron chi connectivity index (χ4n) is 5.82. The molecule has 2 aliphatic rings. The quantitative estimate of drug-likeness (QED) is 0.218. The molecule has 44 heavy (non-hydrogen) atoms. The highest BCUT2D eigenvalue weighted by Gasteiger charge is 2.45. The zero-order valence-corrected chi connectivity index (χ0v) is 25.8. The molecule has 1 saturated heterocycles. The Morgan fingerprint density at radius 2 is 1.89 bits per heavy atom. The van der Waals surface area contributed by atoms with E-state index in [4.69, 9.17) is 0 Å². The third-order valence-corrected chi connectivity index (χ3v) is 8.52. The number of rotatable bonds is 9. The first kappa shape index (κ1) is 32.5. The Morgan fingerprint density at radius 3 is 2.50 bits per heavy atom. The SMILES string of the molecule is CNC(C)C(=O)NC(C(=O)N1CCN(c2ccc([N+](=O)[O-])cn2)CC1C(=O)NC1(C=O)CCCc2ccccc21)C(C)(C)C. The van der Waals surface area contributed by atoms with Crippen LogP contribution in [0.5, 0.6) is 0 Å². The Kier molecular flexibility index (Phi) is 9.67. The van der Waals surface area contributed by atoms with E-state index in [0.717, 1.165) is 30.0 Å². The molecule has 0 bridgehead atoms. The van der Waals surface area contributed by atoms with Gasteiger partial charge in [-0.15, -0.1) is 0 Å². The summed E-state index contributed by atoms with van der Waals surface area (Å²) in [5.41, 5.74) is -0.397. The summed E-state index contributed by atoms with van der Waals surface area (Å²) in [6.07, 6.45) is 3.81. The smallest absolute Gasteiger partial charge is 0.287 e. The molecule has 4 rings (SSSR count). The van der Waals surface area contributed by atoms with Crippen molar-refractivity contribution in [2.75, 3.05) is 31.6 Å². The molecule has 3 N–H and O–H groups in total. The van der Waals surface area contributed by atoms with Gasteiger partial charge >= 0.3 is 0 Å². The minimum absolute atomic E-state index is 0.0245. The van der Waals surface area contributed by atoms with Gasteiger partial charge in [0, 0.05) is 25.7 Å². The molecule has 1 aromatic carbocycles. The van der Waals surface area contributed by atoms with E-state index in [1.165, 1.54) is 17.0 Å². The number of nitrogens with one attached hydrogen (secondary N) is 3. The van der Waals surface area contributed by atoms with Gasteiger partial charge in [0.2, 0.25) is 17.7 Å². The number of carbonyl (C=O) groups excluding carboxylic acids is 4. The molecule has 1 fully saturated rings. The molecule has 2 aromatic rings. The molecule has 13 heteroatoms. The second-order valence-corrected chi connectivity index (χ2v) is 12.5. The summed E-state index contributed by atoms with van der Waals surface area (Å²) >= 11 is 0. The highest BCUT2D eigenvalue weighted by atomic mass is 16.6. The zero-order valence-electron chi connectivity index (χ0n) is 25.8. The van der Waals surface area contributed by atoms with Crippen molar-refractivity contribution in [1.29, 1.82) is 0 Å². The van der Waals surface area contributed by atoms with E-state index >= 15 is 0 Å². The molecule has 3 amide bonds. The Labute approximate surface area is 256 Å². The van der Waals surface area contributed by atoms with Gasteiger partial charge in [-0.1, -0.05) is 45.0 Å². The summed E-state index contributed by atoms with van der Waals surface area (Å²) in [6, 6.07) is 7.81. The zero-order chi connectivity index (χ0) is 32.2. The van der Waals surface area contributed by atoms with Gasteiger partial charge in [-0.3, -0.25) is 24.5 Å². The number of aryl methyl sites for hydroxylation is 1. The predicted molar refractivity (Wildman–Crippen MR) is 164 cm³/mol. The Hall–Kier alpha value is -4.39. The molecule has 4 atom stereocenters. The first-order chi connectivity index (χ1) is 20.8. The third kappa shape index (κ3) is 6.72. The number of nitro groups is 1. The van der Waals surface area contributed by atoms with Gasteiger partial charge in [0.25, 0.3) is 5.69 Å². The van der Waals surface area contributed by atoms with E-state index in [-0.39, 0.29) is 24.7 Å². The molecule has 1 aliphatic heterocycles. The number of amides is 3. The molecule has 0 spiro atoms. The number of nitrogens with zero attached hydrogens (tertiary/aromatic N) is 4. The van der Waals surface area contributed by atoms with E-state index in [0.29, 0.717) is 25.2 Å². The number of benzene rings is 1. The topological polar surface area (TPSA) is 167 Å². The van der Waals surface area contributed by atoms with Crippen LogP contribution in [0.3, 0.4) is 0 Å². The van der Waals surface area contributed by atoms with Crippen LogP contribution in [0.2, 0.25) is 0 Å². The van der Waals surface area contributed by atoms with Crippen LogP contribution in [0.25, 0.3) is 0 Å². The lowest BCUT2D eigenvalue weighted by Gasteiger charge is -2.45. The van der Waals surface area contributed by atoms with Gasteiger partial charge in [-0.05, 0) is 55.8 Å². The van der Waals surface area contributed by atoms with Crippen molar-refractivity contribution in [2.45, 2.75) is 70.6 Å². The van der Waals surface area contributed by atoms with Crippen LogP contribution >= 0.6 is 0 Å². The van der Waals surface area contributed by atoms with Crippen LogP contribution in [0, 0.1) is 15.5 Å². The van der Waals surface area contributed by atoms with Gasteiger partial charge in [0.05, 0.1) is 11.0 Å². The summed E-state index contributed by atoms with van der Waals surface area (Å²) < 4.78 is 0. The first-order valence-corrected chi connectivity index (χ1v) is 14.8. The van der Waals surface area contributed by atoms with E-state index in [1.807, 2.05) is 45.0 Å². The number of piperazine rings is 1. The van der Waals surface area contributed by atoms with Gasteiger partial charge in [-0.25, -0.2) is 4.98 Å². The van der Waals surface area contributed by atoms with Gasteiger partial charge in [-0.2, -0.15) is 0 Å². The van der Waals surface area contributed by atoms with Crippen molar-refractivity contribution in [3.63, 3.8) is 0 Å². The van der Waals surface area contributed by atoms with Crippen molar-refractivity contribution in [3.8, 4) is 0 Å². The first-order valence-electron chi connectivity index (χ1n) is 14.8. The average molecular weight is 608 g/mol. The maximum atomic E-state index is 14.2. The Balaban J connectivity index is 1.69. The fourth-order valence-corrected chi connectivity index (χ4v) is 5.82. The predicted octanol–water partition coefficient (Wildman–Crippen LogP) is 1.69. The number of carbonyl (C=O) groups is 4. The number of hydrogen-bond donors (Lipinski definition) is 3. The van der Waals surface area contributed by atoms with E-state index in [1.54, 1.807) is 18.9 Å². The Bertz CT molecular complexity index is 1410. The van der Waals surface area contributed by atoms with Crippen LogP contribution < -0.4 is 20.9 Å². The number of aromatic nitrogens is 1. The maximum Gasteiger partial charge on any atom is 0.287 e. The number of aldehydes is 1. The highest BCUT2D eigenvalue weighted by Crippen LogP contribution is 2.34. The lowest BCUT2D eigenvalue weighted by molar-refractivity contribution is -0.385. The largest absolute Gasteiger partial charge is 0.352 e. The number of pyridine rings is 1. The molecule has 4 unspecified atom stereocenters. The summed E-state index contributed by atoms with van der Waals surface area (Å²) in [5.74, 6) is -0.877. The van der Waals surface area contributed by atoms with Gasteiger partial charge in [0.1, 0.15) is 35.9 Å². The van der Waals surface area contributed by atoms with E-state index in [9.17, 15) is 29.3 Å². The normalized spacial score (nSPS) is 21.4. The standard InChI is InChI=1S/C31H41N7O6/c1-20(32-5)27(40)34-26(30(2,3)4)29(42)37-16-15-36(25-13-12-22(17-33-25)38(43)44)18-24(37)28(41)35-31(19-39)14-8-10-21-9-6-7-11-23(21)31/h6-7,9,11-13,17,19-20,24,26,32H,8,10,14-16,18H2,1-5H3,(H,34,40)(H,35,41). The summed E-state index contributed by atoms with van der Waals surface area (Å²) in [7, 11) is 1.65. The number of fused-ring (bicyclic) bond motifs is 1. The van der Waals surface area contributed by atoms with Crippen LogP contribution in [-0.2, 0) is 31.1 Å². The molecule has 2 heterocycles. The van der Waals surface area contributed by atoms with Crippen molar-refractivity contribution >= 4 is 35.5 Å². The van der Waals surface area contributed by atoms with Crippen LogP contribution in [0.4, 0.5) is 11.5 Å². The average Bonchev–Trinajstić information content (AvgIpc) is 3.02. The maximum absolute atomic E-state index is 14.2. The lowest BCUT2D eigenvalue weighted by Crippen LogP contribution is -2.67. The Morgan fingerprint density at radius 1 is 1.16 bits per heavy atom. The molecule has 0 radical (unpaired) electrons. The molecular formula is C31H41N7O6. The molecular weight excluding hydrogens is 566 g/mol. The molecule has 1 aromatic heterocycles. The monoisotopic (exact) mass is 607 g/mol. The second kappa shape index (κ2) is 13.1. The fraction of sp³-hybridized carbons (Fsp3) is 0.516. The van der Waals surface area contributed by atoms with Crippen molar-refractivity contribution in [1.82, 2.24) is 25.8 Å². The highest BCUT2D eigenvalue weighted by molar-refractivity contribution is 5.95. The molecule has 0 saturated carbocycles. The third-order valence-electron chi connectivity index (χ3n) is 8.52. The summed E-state index contributed by atoms with van der Waals surface area (Å²) in [5, 5.41) is 19.9. The molecule has 1 aliphatic carbocycles. The molecule has 13 nitrogen and oxygen atoms in total. The van der Waals surface area contributed by atoms with Crippen molar-refractivity contribution < 1.29 is 24.1 Å². The minimum atomic E-state index is -1.26. The molecule has 236 valence electrons. The number of hydrogen-bond acceptors (Lipinski definition) is 9.